The topological polar surface area (TPSA) is 65.2 Å². The lowest BCUT2D eigenvalue weighted by Gasteiger charge is -2.02. The van der Waals surface area contributed by atoms with Gasteiger partial charge in [0.1, 0.15) is 6.61 Å². The number of rotatable bonds is 4. The van der Waals surface area contributed by atoms with Crippen LogP contribution in [0.3, 0.4) is 0 Å². The van der Waals surface area contributed by atoms with E-state index in [2.05, 4.69) is 10.2 Å². The molecular formula is C16H10Cl2N2O3S. The maximum Gasteiger partial charge on any atom is 0.377 e. The van der Waals surface area contributed by atoms with Crippen molar-refractivity contribution in [1.29, 1.82) is 0 Å². The summed E-state index contributed by atoms with van der Waals surface area (Å²) >= 11 is 12.7. The summed E-state index contributed by atoms with van der Waals surface area (Å²) in [6.07, 6.45) is 0. The molecule has 1 heterocycles. The summed E-state index contributed by atoms with van der Waals surface area (Å²) in [6, 6.07) is 14.3. The first-order valence-corrected chi connectivity index (χ1v) is 8.36. The van der Waals surface area contributed by atoms with Crippen molar-refractivity contribution in [2.45, 2.75) is 11.8 Å². The van der Waals surface area contributed by atoms with Crippen LogP contribution in [-0.2, 0) is 11.3 Å². The molecule has 8 heteroatoms. The van der Waals surface area contributed by atoms with Crippen LogP contribution in [0, 0.1) is 0 Å². The molecule has 0 radical (unpaired) electrons. The highest BCUT2D eigenvalue weighted by Gasteiger charge is 2.16. The number of hydrogen-bond donors (Lipinski definition) is 0. The lowest BCUT2D eigenvalue weighted by Crippen LogP contribution is -1.97. The second kappa shape index (κ2) is 7.70. The highest BCUT2D eigenvalue weighted by atomic mass is 35.5. The zero-order valence-electron chi connectivity index (χ0n) is 12.1. The van der Waals surface area contributed by atoms with Gasteiger partial charge in [-0.3, -0.25) is 0 Å². The van der Waals surface area contributed by atoms with Gasteiger partial charge in [-0.2, -0.15) is 0 Å². The SMILES string of the molecule is O=C(OCc1ccccc1)Sc1nnc(-c2ccc(Cl)cc2Cl)o1. The monoisotopic (exact) mass is 380 g/mol. The second-order valence-electron chi connectivity index (χ2n) is 4.62. The van der Waals surface area contributed by atoms with Crippen molar-refractivity contribution in [1.82, 2.24) is 10.2 Å². The summed E-state index contributed by atoms with van der Waals surface area (Å²) in [6.45, 7) is 0.177. The molecule has 122 valence electrons. The average Bonchev–Trinajstić information content (AvgIpc) is 3.02. The van der Waals surface area contributed by atoms with Gasteiger partial charge in [0.2, 0.25) is 5.89 Å². The van der Waals surface area contributed by atoms with Crippen LogP contribution in [0.25, 0.3) is 11.5 Å². The number of hydrogen-bond acceptors (Lipinski definition) is 6. The van der Waals surface area contributed by atoms with Gasteiger partial charge < -0.3 is 9.15 Å². The van der Waals surface area contributed by atoms with Crippen LogP contribution in [0.1, 0.15) is 5.56 Å². The van der Waals surface area contributed by atoms with Gasteiger partial charge in [-0.15, -0.1) is 10.2 Å². The summed E-state index contributed by atoms with van der Waals surface area (Å²) in [5, 5.41) is 8.11. The normalized spacial score (nSPS) is 10.6. The fraction of sp³-hybridized carbons (Fsp3) is 0.0625. The predicted molar refractivity (Wildman–Crippen MR) is 92.2 cm³/mol. The number of carbonyl (C=O) groups excluding carboxylic acids is 1. The molecule has 0 aliphatic rings. The fourth-order valence-corrected chi connectivity index (χ4v) is 2.79. The van der Waals surface area contributed by atoms with E-state index < -0.39 is 5.30 Å². The van der Waals surface area contributed by atoms with Crippen molar-refractivity contribution in [2.75, 3.05) is 0 Å². The molecule has 2 aromatic carbocycles. The van der Waals surface area contributed by atoms with Gasteiger partial charge >= 0.3 is 5.30 Å². The van der Waals surface area contributed by atoms with Gasteiger partial charge in [0.05, 0.1) is 22.3 Å². The Morgan fingerprint density at radius 3 is 2.67 bits per heavy atom. The van der Waals surface area contributed by atoms with Crippen LogP contribution in [-0.4, -0.2) is 15.5 Å². The number of halogens is 2. The Bertz CT molecular complexity index is 856. The number of ether oxygens (including phenoxy) is 1. The maximum absolute atomic E-state index is 11.8. The van der Waals surface area contributed by atoms with E-state index >= 15 is 0 Å². The molecule has 1 aromatic heterocycles. The molecule has 0 aliphatic heterocycles. The summed E-state index contributed by atoms with van der Waals surface area (Å²) < 4.78 is 10.6. The Balaban J connectivity index is 1.62. The van der Waals surface area contributed by atoms with Gasteiger partial charge in [-0.05, 0) is 23.8 Å². The first kappa shape index (κ1) is 16.8. The van der Waals surface area contributed by atoms with Gasteiger partial charge in [0, 0.05) is 5.02 Å². The Kier molecular flexibility index (Phi) is 5.40. The number of nitrogens with zero attached hydrogens (tertiary/aromatic N) is 2. The predicted octanol–water partition coefficient (Wildman–Crippen LogP) is 5.47. The van der Waals surface area contributed by atoms with E-state index in [0.29, 0.717) is 27.4 Å². The van der Waals surface area contributed by atoms with Gasteiger partial charge in [-0.1, -0.05) is 53.5 Å². The van der Waals surface area contributed by atoms with E-state index in [4.69, 9.17) is 32.4 Å². The zero-order chi connectivity index (χ0) is 16.9. The third-order valence-corrected chi connectivity index (χ3v) is 4.11. The van der Waals surface area contributed by atoms with E-state index in [9.17, 15) is 4.79 Å². The number of thioether (sulfide) groups is 1. The third-order valence-electron chi connectivity index (χ3n) is 2.94. The molecule has 3 aromatic rings. The zero-order valence-corrected chi connectivity index (χ0v) is 14.4. The van der Waals surface area contributed by atoms with Crippen LogP contribution < -0.4 is 0 Å². The molecular weight excluding hydrogens is 371 g/mol. The Morgan fingerprint density at radius 2 is 1.92 bits per heavy atom. The molecule has 0 fully saturated rings. The quantitative estimate of drug-likeness (QED) is 0.441. The van der Waals surface area contributed by atoms with Gasteiger partial charge in [0.15, 0.2) is 0 Å². The molecule has 0 bridgehead atoms. The largest absolute Gasteiger partial charge is 0.452 e. The van der Waals surface area contributed by atoms with Crippen LogP contribution in [0.2, 0.25) is 10.0 Å². The Hall–Kier alpha value is -2.02. The second-order valence-corrected chi connectivity index (χ2v) is 6.35. The maximum atomic E-state index is 11.8. The van der Waals surface area contributed by atoms with Crippen molar-refractivity contribution in [3.05, 3.63) is 64.1 Å². The first-order valence-electron chi connectivity index (χ1n) is 6.79. The van der Waals surface area contributed by atoms with Crippen molar-refractivity contribution in [2.24, 2.45) is 0 Å². The molecule has 0 spiro atoms. The summed E-state index contributed by atoms with van der Waals surface area (Å²) in [7, 11) is 0. The lowest BCUT2D eigenvalue weighted by atomic mass is 10.2. The summed E-state index contributed by atoms with van der Waals surface area (Å²) in [5.41, 5.74) is 1.43. The molecule has 0 saturated carbocycles. The minimum atomic E-state index is -0.531. The minimum Gasteiger partial charge on any atom is -0.452 e. The van der Waals surface area contributed by atoms with E-state index in [1.54, 1.807) is 18.2 Å². The smallest absolute Gasteiger partial charge is 0.377 e. The third kappa shape index (κ3) is 4.29. The Labute approximate surface area is 151 Å². The van der Waals surface area contributed by atoms with Crippen LogP contribution in [0.5, 0.6) is 0 Å². The summed E-state index contributed by atoms with van der Waals surface area (Å²) in [5.74, 6) is 0.204. The molecule has 24 heavy (non-hydrogen) atoms. The minimum absolute atomic E-state index is 0.0779. The fourth-order valence-electron chi connectivity index (χ4n) is 1.84. The molecule has 5 nitrogen and oxygen atoms in total. The van der Waals surface area contributed by atoms with Gasteiger partial charge in [-0.25, -0.2) is 4.79 Å². The first-order chi connectivity index (χ1) is 11.6. The van der Waals surface area contributed by atoms with E-state index in [1.165, 1.54) is 0 Å². The molecule has 0 saturated heterocycles. The summed E-state index contributed by atoms with van der Waals surface area (Å²) in [4.78, 5) is 11.8. The van der Waals surface area contributed by atoms with Crippen molar-refractivity contribution < 1.29 is 13.9 Å². The van der Waals surface area contributed by atoms with Gasteiger partial charge in [0.25, 0.3) is 5.22 Å². The lowest BCUT2D eigenvalue weighted by molar-refractivity contribution is 0.168. The van der Waals surface area contributed by atoms with E-state index in [-0.39, 0.29) is 17.7 Å². The average molecular weight is 381 g/mol. The standard InChI is InChI=1S/C16H10Cl2N2O3S/c17-11-6-7-12(13(18)8-11)14-19-20-15(23-14)24-16(21)22-9-10-4-2-1-3-5-10/h1-8H,9H2. The number of aromatic nitrogens is 2. The van der Waals surface area contributed by atoms with Crippen molar-refractivity contribution in [3.8, 4) is 11.5 Å². The molecule has 0 N–H and O–H groups in total. The molecule has 0 unspecified atom stereocenters. The van der Waals surface area contributed by atoms with Crippen LogP contribution in [0.15, 0.2) is 58.2 Å². The van der Waals surface area contributed by atoms with Crippen LogP contribution >= 0.6 is 35.0 Å². The van der Waals surface area contributed by atoms with Crippen LogP contribution in [0.4, 0.5) is 4.79 Å². The highest BCUT2D eigenvalue weighted by molar-refractivity contribution is 8.13. The molecule has 0 amide bonds. The van der Waals surface area contributed by atoms with Crippen molar-refractivity contribution >= 4 is 40.3 Å². The molecule has 3 rings (SSSR count). The van der Waals surface area contributed by atoms with Crippen molar-refractivity contribution in [3.63, 3.8) is 0 Å². The molecule has 0 aliphatic carbocycles. The number of carbonyl (C=O) groups is 1. The Morgan fingerprint density at radius 1 is 1.12 bits per heavy atom. The van der Waals surface area contributed by atoms with E-state index in [0.717, 1.165) is 5.56 Å². The highest BCUT2D eigenvalue weighted by Crippen LogP contribution is 2.31. The molecule has 0 atom stereocenters. The van der Waals surface area contributed by atoms with E-state index in [1.807, 2.05) is 30.3 Å². The number of benzene rings is 2.